The molecule has 0 fully saturated rings. The van der Waals surface area contributed by atoms with Crippen molar-refractivity contribution in [3.8, 4) is 11.9 Å². The van der Waals surface area contributed by atoms with E-state index < -0.39 is 12.2 Å². The van der Waals surface area contributed by atoms with E-state index in [2.05, 4.69) is 9.72 Å². The van der Waals surface area contributed by atoms with Crippen molar-refractivity contribution in [3.05, 3.63) is 22.9 Å². The van der Waals surface area contributed by atoms with Crippen LogP contribution in [0.4, 0.5) is 13.2 Å². The summed E-state index contributed by atoms with van der Waals surface area (Å²) >= 11 is 0. The molecule has 0 aliphatic carbocycles. The Morgan fingerprint density at radius 3 is 2.65 bits per heavy atom. The van der Waals surface area contributed by atoms with Gasteiger partial charge in [-0.1, -0.05) is 0 Å². The minimum atomic E-state index is -4.79. The molecule has 0 atom stereocenters. The molecule has 1 rings (SSSR count). The normalized spacial score (nSPS) is 11.1. The lowest BCUT2D eigenvalue weighted by molar-refractivity contribution is -0.276. The van der Waals surface area contributed by atoms with Gasteiger partial charge in [0, 0.05) is 12.6 Å². The van der Waals surface area contributed by atoms with Crippen LogP contribution in [-0.2, 0) is 13.0 Å². The SMILES string of the molecule is Cc1cc(OC(F)(F)F)nc(CN)c1CC#N. The van der Waals surface area contributed by atoms with Crippen LogP contribution in [0.3, 0.4) is 0 Å². The van der Waals surface area contributed by atoms with Crippen molar-refractivity contribution in [1.29, 1.82) is 5.26 Å². The van der Waals surface area contributed by atoms with E-state index in [1.54, 1.807) is 6.92 Å². The van der Waals surface area contributed by atoms with Crippen LogP contribution in [-0.4, -0.2) is 11.3 Å². The van der Waals surface area contributed by atoms with Crippen LogP contribution in [0.2, 0.25) is 0 Å². The Morgan fingerprint density at radius 2 is 2.18 bits per heavy atom. The number of aryl methyl sites for hydroxylation is 1. The molecule has 2 N–H and O–H groups in total. The highest BCUT2D eigenvalue weighted by molar-refractivity contribution is 5.36. The Labute approximate surface area is 95.8 Å². The molecule has 0 spiro atoms. The first-order valence-corrected chi connectivity index (χ1v) is 4.69. The van der Waals surface area contributed by atoms with Crippen LogP contribution in [0, 0.1) is 18.3 Å². The summed E-state index contributed by atoms with van der Waals surface area (Å²) in [5, 5.41) is 8.59. The number of alkyl halides is 3. The summed E-state index contributed by atoms with van der Waals surface area (Å²) in [6, 6.07) is 3.05. The fourth-order valence-electron chi connectivity index (χ4n) is 1.39. The first-order chi connectivity index (χ1) is 7.87. The molecular formula is C10H10F3N3O. The smallest absolute Gasteiger partial charge is 0.388 e. The number of nitrogens with zero attached hydrogens (tertiary/aromatic N) is 2. The molecule has 4 nitrogen and oxygen atoms in total. The molecule has 92 valence electrons. The zero-order chi connectivity index (χ0) is 13.1. The third-order valence-electron chi connectivity index (χ3n) is 2.08. The molecule has 0 aliphatic heterocycles. The average Bonchev–Trinajstić information content (AvgIpc) is 2.19. The van der Waals surface area contributed by atoms with Crippen molar-refractivity contribution < 1.29 is 17.9 Å². The maximum atomic E-state index is 12.0. The fraction of sp³-hybridized carbons (Fsp3) is 0.400. The van der Waals surface area contributed by atoms with Gasteiger partial charge in [0.15, 0.2) is 0 Å². The lowest BCUT2D eigenvalue weighted by Crippen LogP contribution is -2.19. The third kappa shape index (κ3) is 3.60. The zero-order valence-electron chi connectivity index (χ0n) is 9.01. The second-order valence-corrected chi connectivity index (χ2v) is 3.29. The van der Waals surface area contributed by atoms with E-state index in [1.807, 2.05) is 6.07 Å². The quantitative estimate of drug-likeness (QED) is 0.881. The van der Waals surface area contributed by atoms with Crippen LogP contribution in [0.5, 0.6) is 5.88 Å². The van der Waals surface area contributed by atoms with E-state index in [0.29, 0.717) is 11.1 Å². The molecule has 0 bridgehead atoms. The molecule has 7 heteroatoms. The van der Waals surface area contributed by atoms with Crippen molar-refractivity contribution in [2.24, 2.45) is 5.73 Å². The van der Waals surface area contributed by atoms with Gasteiger partial charge in [-0.3, -0.25) is 0 Å². The highest BCUT2D eigenvalue weighted by Crippen LogP contribution is 2.24. The number of hydrogen-bond donors (Lipinski definition) is 1. The Morgan fingerprint density at radius 1 is 1.53 bits per heavy atom. The summed E-state index contributed by atoms with van der Waals surface area (Å²) in [6.45, 7) is 1.53. The maximum Gasteiger partial charge on any atom is 0.574 e. The lowest BCUT2D eigenvalue weighted by atomic mass is 10.0. The van der Waals surface area contributed by atoms with Crippen molar-refractivity contribution in [1.82, 2.24) is 4.98 Å². The Bertz CT molecular complexity index is 451. The molecule has 0 saturated carbocycles. The van der Waals surface area contributed by atoms with Gasteiger partial charge < -0.3 is 10.5 Å². The Hall–Kier alpha value is -1.81. The van der Waals surface area contributed by atoms with Crippen molar-refractivity contribution in [2.75, 3.05) is 0 Å². The fourth-order valence-corrected chi connectivity index (χ4v) is 1.39. The summed E-state index contributed by atoms with van der Waals surface area (Å²) < 4.78 is 39.7. The summed E-state index contributed by atoms with van der Waals surface area (Å²) in [7, 11) is 0. The Balaban J connectivity index is 3.14. The predicted molar refractivity (Wildman–Crippen MR) is 52.9 cm³/mol. The number of rotatable bonds is 3. The summed E-state index contributed by atoms with van der Waals surface area (Å²) in [5.74, 6) is -0.558. The van der Waals surface area contributed by atoms with Gasteiger partial charge in [-0.05, 0) is 18.1 Å². The van der Waals surface area contributed by atoms with Crippen molar-refractivity contribution in [3.63, 3.8) is 0 Å². The zero-order valence-corrected chi connectivity index (χ0v) is 9.01. The van der Waals surface area contributed by atoms with Crippen LogP contribution in [0.25, 0.3) is 0 Å². The second-order valence-electron chi connectivity index (χ2n) is 3.29. The molecule has 1 aromatic rings. The first-order valence-electron chi connectivity index (χ1n) is 4.69. The van der Waals surface area contributed by atoms with Crippen LogP contribution >= 0.6 is 0 Å². The molecule has 0 aliphatic rings. The molecule has 1 aromatic heterocycles. The van der Waals surface area contributed by atoms with Crippen molar-refractivity contribution >= 4 is 0 Å². The second kappa shape index (κ2) is 5.01. The molecule has 0 unspecified atom stereocenters. The molecule has 0 radical (unpaired) electrons. The molecule has 17 heavy (non-hydrogen) atoms. The average molecular weight is 245 g/mol. The molecule has 1 heterocycles. The summed E-state index contributed by atoms with van der Waals surface area (Å²) in [4.78, 5) is 3.64. The van der Waals surface area contributed by atoms with E-state index in [4.69, 9.17) is 11.0 Å². The van der Waals surface area contributed by atoms with E-state index in [-0.39, 0.29) is 18.7 Å². The molecule has 0 saturated heterocycles. The van der Waals surface area contributed by atoms with Gasteiger partial charge in [-0.25, -0.2) is 4.98 Å². The summed E-state index contributed by atoms with van der Waals surface area (Å²) in [5.41, 5.74) is 6.66. The van der Waals surface area contributed by atoms with Gasteiger partial charge >= 0.3 is 6.36 Å². The van der Waals surface area contributed by atoms with E-state index in [9.17, 15) is 13.2 Å². The van der Waals surface area contributed by atoms with Crippen molar-refractivity contribution in [2.45, 2.75) is 26.3 Å². The minimum absolute atomic E-state index is 0.0487. The molecule has 0 amide bonds. The van der Waals surface area contributed by atoms with Gasteiger partial charge in [0.2, 0.25) is 5.88 Å². The van der Waals surface area contributed by atoms with Gasteiger partial charge in [0.25, 0.3) is 0 Å². The monoisotopic (exact) mass is 245 g/mol. The maximum absolute atomic E-state index is 12.0. The third-order valence-corrected chi connectivity index (χ3v) is 2.08. The van der Waals surface area contributed by atoms with Crippen LogP contribution in [0.1, 0.15) is 16.8 Å². The summed E-state index contributed by atoms with van der Waals surface area (Å²) in [6.07, 6.45) is -4.74. The number of aromatic nitrogens is 1. The number of nitrogens with two attached hydrogens (primary N) is 1. The molecule has 0 aromatic carbocycles. The van der Waals surface area contributed by atoms with Crippen LogP contribution < -0.4 is 10.5 Å². The van der Waals surface area contributed by atoms with Gasteiger partial charge in [-0.15, -0.1) is 13.2 Å². The van der Waals surface area contributed by atoms with E-state index in [1.165, 1.54) is 0 Å². The van der Waals surface area contributed by atoms with Crippen LogP contribution in [0.15, 0.2) is 6.07 Å². The molecular weight excluding hydrogens is 235 g/mol. The minimum Gasteiger partial charge on any atom is -0.388 e. The topological polar surface area (TPSA) is 71.9 Å². The predicted octanol–water partition coefficient (Wildman–Crippen LogP) is 1.81. The Kier molecular flexibility index (Phi) is 3.91. The number of ether oxygens (including phenoxy) is 1. The number of pyridine rings is 1. The highest BCUT2D eigenvalue weighted by Gasteiger charge is 2.32. The standard InChI is InChI=1S/C10H10F3N3O/c1-6-4-9(17-10(11,12)13)16-8(5-15)7(6)2-3-14/h4H,2,5,15H2,1H3. The van der Waals surface area contributed by atoms with Gasteiger partial charge in [0.05, 0.1) is 18.2 Å². The van der Waals surface area contributed by atoms with Gasteiger partial charge in [-0.2, -0.15) is 5.26 Å². The number of nitriles is 1. The van der Waals surface area contributed by atoms with E-state index in [0.717, 1.165) is 6.07 Å². The lowest BCUT2D eigenvalue weighted by Gasteiger charge is -2.12. The number of hydrogen-bond acceptors (Lipinski definition) is 4. The number of halogens is 3. The van der Waals surface area contributed by atoms with E-state index >= 15 is 0 Å². The highest BCUT2D eigenvalue weighted by atomic mass is 19.4. The van der Waals surface area contributed by atoms with Gasteiger partial charge in [0.1, 0.15) is 0 Å². The largest absolute Gasteiger partial charge is 0.574 e. The first kappa shape index (κ1) is 13.3.